The monoisotopic (exact) mass is 346 g/mol. The van der Waals surface area contributed by atoms with Crippen LogP contribution in [-0.4, -0.2) is 46.9 Å². The van der Waals surface area contributed by atoms with Gasteiger partial charge in [-0.25, -0.2) is 0 Å². The third kappa shape index (κ3) is 3.63. The predicted molar refractivity (Wildman–Crippen MR) is 101 cm³/mol. The van der Waals surface area contributed by atoms with Crippen molar-refractivity contribution in [3.05, 3.63) is 35.4 Å². The molecule has 1 aromatic carbocycles. The Bertz CT molecular complexity index is 588. The average Bonchev–Trinajstić information content (AvgIpc) is 2.81. The number of hydrogen-bond acceptors (Lipinski definition) is 4. The van der Waals surface area contributed by atoms with E-state index < -0.39 is 5.60 Å². The number of rotatable bonds is 5. The Balaban J connectivity index is 1.59. The maximum Gasteiger partial charge on any atom is 0.0840 e. The van der Waals surface area contributed by atoms with E-state index in [0.29, 0.717) is 12.0 Å². The molecule has 1 saturated carbocycles. The molecule has 0 amide bonds. The summed E-state index contributed by atoms with van der Waals surface area (Å²) in [4.78, 5) is 2.44. The second-order valence-corrected chi connectivity index (χ2v) is 9.19. The number of aliphatic hydroxyl groups excluding tert-OH is 1. The molecule has 2 aliphatic rings. The van der Waals surface area contributed by atoms with Crippen LogP contribution in [0.5, 0.6) is 0 Å². The fourth-order valence-electron chi connectivity index (χ4n) is 5.33. The molecule has 3 rings (SSSR count). The van der Waals surface area contributed by atoms with Gasteiger partial charge in [0.25, 0.3) is 0 Å². The lowest BCUT2D eigenvalue weighted by molar-refractivity contribution is -0.0828. The molecule has 2 unspecified atom stereocenters. The zero-order valence-corrected chi connectivity index (χ0v) is 16.3. The molecule has 0 aromatic heterocycles. The molecule has 140 valence electrons. The van der Waals surface area contributed by atoms with E-state index in [1.54, 1.807) is 13.8 Å². The predicted octanol–water partition coefficient (Wildman–Crippen LogP) is 2.48. The molecule has 2 fully saturated rings. The van der Waals surface area contributed by atoms with E-state index >= 15 is 0 Å². The van der Waals surface area contributed by atoms with Gasteiger partial charge in [0.05, 0.1) is 11.7 Å². The molecule has 1 aromatic rings. The van der Waals surface area contributed by atoms with Crippen LogP contribution in [0.25, 0.3) is 0 Å². The zero-order chi connectivity index (χ0) is 18.4. The molecule has 4 nitrogen and oxygen atoms in total. The lowest BCUT2D eigenvalue weighted by Gasteiger charge is -2.57. The summed E-state index contributed by atoms with van der Waals surface area (Å²) in [6.45, 7) is 10.0. The largest absolute Gasteiger partial charge is 0.391 e. The SMILES string of the molecule is CC(C)C1N(C)CC12C[C@@H](O)[C@H](NCc1ccc(C(C)(C)O)cc1)C2. The lowest BCUT2D eigenvalue weighted by Crippen LogP contribution is -2.64. The highest BCUT2D eigenvalue weighted by molar-refractivity contribution is 5.26. The number of likely N-dealkylation sites (tertiary alicyclic amines) is 1. The lowest BCUT2D eigenvalue weighted by atomic mass is 9.66. The molecule has 4 atom stereocenters. The first-order valence-corrected chi connectivity index (χ1v) is 9.56. The molecule has 1 aliphatic carbocycles. The number of hydrogen-bond donors (Lipinski definition) is 3. The van der Waals surface area contributed by atoms with E-state index in [1.165, 1.54) is 5.56 Å². The minimum atomic E-state index is -0.803. The van der Waals surface area contributed by atoms with Crippen molar-refractivity contribution in [2.45, 2.75) is 70.9 Å². The Labute approximate surface area is 152 Å². The fourth-order valence-corrected chi connectivity index (χ4v) is 5.33. The normalized spacial score (nSPS) is 33.2. The fraction of sp³-hybridized carbons (Fsp3) is 0.714. The van der Waals surface area contributed by atoms with E-state index in [-0.39, 0.29) is 17.6 Å². The van der Waals surface area contributed by atoms with Crippen molar-refractivity contribution < 1.29 is 10.2 Å². The number of benzene rings is 1. The molecule has 0 bridgehead atoms. The summed E-state index contributed by atoms with van der Waals surface area (Å²) in [5.41, 5.74) is 1.59. The smallest absolute Gasteiger partial charge is 0.0840 e. The summed E-state index contributed by atoms with van der Waals surface area (Å²) in [7, 11) is 2.20. The van der Waals surface area contributed by atoms with Crippen LogP contribution < -0.4 is 5.32 Å². The highest BCUT2D eigenvalue weighted by Gasteiger charge is 2.57. The van der Waals surface area contributed by atoms with Gasteiger partial charge in [-0.2, -0.15) is 0 Å². The summed E-state index contributed by atoms with van der Waals surface area (Å²) in [5, 5.41) is 24.2. The van der Waals surface area contributed by atoms with Crippen molar-refractivity contribution >= 4 is 0 Å². The summed E-state index contributed by atoms with van der Waals surface area (Å²) >= 11 is 0. The number of nitrogens with one attached hydrogen (secondary N) is 1. The van der Waals surface area contributed by atoms with E-state index in [1.807, 2.05) is 12.1 Å². The van der Waals surface area contributed by atoms with Crippen molar-refractivity contribution in [3.63, 3.8) is 0 Å². The second-order valence-electron chi connectivity index (χ2n) is 9.19. The van der Waals surface area contributed by atoms with Gasteiger partial charge in [0.15, 0.2) is 0 Å². The molecular weight excluding hydrogens is 312 g/mol. The molecule has 1 saturated heterocycles. The van der Waals surface area contributed by atoms with Crippen molar-refractivity contribution in [2.24, 2.45) is 11.3 Å². The molecule has 1 spiro atoms. The van der Waals surface area contributed by atoms with Gasteiger partial charge in [-0.1, -0.05) is 38.1 Å². The summed E-state index contributed by atoms with van der Waals surface area (Å²) in [6.07, 6.45) is 1.71. The Morgan fingerprint density at radius 3 is 2.40 bits per heavy atom. The van der Waals surface area contributed by atoms with E-state index in [4.69, 9.17) is 0 Å². The Kier molecular flexibility index (Phi) is 5.02. The van der Waals surface area contributed by atoms with Gasteiger partial charge in [-0.15, -0.1) is 0 Å². The Morgan fingerprint density at radius 1 is 1.24 bits per heavy atom. The average molecular weight is 347 g/mol. The molecular formula is C21H34N2O2. The molecule has 3 N–H and O–H groups in total. The van der Waals surface area contributed by atoms with Gasteiger partial charge < -0.3 is 20.4 Å². The third-order valence-corrected chi connectivity index (χ3v) is 6.23. The van der Waals surface area contributed by atoms with Crippen molar-refractivity contribution in [1.82, 2.24) is 10.2 Å². The van der Waals surface area contributed by atoms with Crippen molar-refractivity contribution in [1.29, 1.82) is 0 Å². The third-order valence-electron chi connectivity index (χ3n) is 6.23. The first kappa shape index (κ1) is 18.8. The summed E-state index contributed by atoms with van der Waals surface area (Å²) in [5.74, 6) is 0.624. The van der Waals surface area contributed by atoms with Crippen LogP contribution in [0.3, 0.4) is 0 Å². The second kappa shape index (κ2) is 6.66. The van der Waals surface area contributed by atoms with Gasteiger partial charge in [-0.05, 0) is 50.8 Å². The zero-order valence-electron chi connectivity index (χ0n) is 16.3. The quantitative estimate of drug-likeness (QED) is 0.767. The van der Waals surface area contributed by atoms with Gasteiger partial charge in [0.2, 0.25) is 0 Å². The molecule has 4 heteroatoms. The van der Waals surface area contributed by atoms with Gasteiger partial charge >= 0.3 is 0 Å². The van der Waals surface area contributed by atoms with E-state index in [0.717, 1.165) is 31.5 Å². The van der Waals surface area contributed by atoms with Crippen LogP contribution in [0.1, 0.15) is 51.7 Å². The molecule has 25 heavy (non-hydrogen) atoms. The van der Waals surface area contributed by atoms with Crippen LogP contribution >= 0.6 is 0 Å². The first-order chi connectivity index (χ1) is 11.6. The minimum absolute atomic E-state index is 0.170. The van der Waals surface area contributed by atoms with E-state index in [2.05, 4.69) is 43.2 Å². The maximum absolute atomic E-state index is 10.6. The first-order valence-electron chi connectivity index (χ1n) is 9.56. The van der Waals surface area contributed by atoms with Crippen molar-refractivity contribution in [2.75, 3.05) is 13.6 Å². The number of aliphatic hydroxyl groups is 2. The Hall–Kier alpha value is -0.940. The van der Waals surface area contributed by atoms with Gasteiger partial charge in [-0.3, -0.25) is 0 Å². The Morgan fingerprint density at radius 2 is 1.88 bits per heavy atom. The standard InChI is InChI=1S/C21H34N2O2/c1-14(2)19-21(13-23(19)5)10-17(18(24)11-21)22-12-15-6-8-16(9-7-15)20(3,4)25/h6-9,14,17-19,22,24-25H,10-13H2,1-5H3/t17-,18-,19?,21?/m1/s1. The summed E-state index contributed by atoms with van der Waals surface area (Å²) < 4.78 is 0. The van der Waals surface area contributed by atoms with Crippen LogP contribution in [0, 0.1) is 11.3 Å². The van der Waals surface area contributed by atoms with Crippen LogP contribution in [0.4, 0.5) is 0 Å². The van der Waals surface area contributed by atoms with Crippen molar-refractivity contribution in [3.8, 4) is 0 Å². The van der Waals surface area contributed by atoms with Crippen LogP contribution in [-0.2, 0) is 12.1 Å². The van der Waals surface area contributed by atoms with Gasteiger partial charge in [0.1, 0.15) is 0 Å². The van der Waals surface area contributed by atoms with E-state index in [9.17, 15) is 10.2 Å². The van der Waals surface area contributed by atoms with Crippen LogP contribution in [0.15, 0.2) is 24.3 Å². The number of nitrogens with zero attached hydrogens (tertiary/aromatic N) is 1. The highest BCUT2D eigenvalue weighted by atomic mass is 16.3. The molecule has 1 heterocycles. The summed E-state index contributed by atoms with van der Waals surface area (Å²) in [6, 6.07) is 8.85. The maximum atomic E-state index is 10.6. The molecule has 0 radical (unpaired) electrons. The topological polar surface area (TPSA) is 55.7 Å². The van der Waals surface area contributed by atoms with Gasteiger partial charge in [0, 0.05) is 30.6 Å². The highest BCUT2D eigenvalue weighted by Crippen LogP contribution is 2.52. The minimum Gasteiger partial charge on any atom is -0.391 e. The molecule has 1 aliphatic heterocycles. The van der Waals surface area contributed by atoms with Crippen LogP contribution in [0.2, 0.25) is 0 Å².